The van der Waals surface area contributed by atoms with Crippen molar-refractivity contribution in [1.82, 2.24) is 5.32 Å². The third kappa shape index (κ3) is 3.73. The highest BCUT2D eigenvalue weighted by molar-refractivity contribution is 5.99. The lowest BCUT2D eigenvalue weighted by Crippen LogP contribution is -2.34. The van der Waals surface area contributed by atoms with Crippen LogP contribution in [-0.2, 0) is 0 Å². The molecule has 0 bridgehead atoms. The van der Waals surface area contributed by atoms with Crippen LogP contribution in [0, 0.1) is 5.82 Å². The molecule has 0 aliphatic heterocycles. The summed E-state index contributed by atoms with van der Waals surface area (Å²) >= 11 is 0. The first-order valence-corrected chi connectivity index (χ1v) is 5.94. The molecular weight excluding hydrogens is 219 g/mol. The van der Waals surface area contributed by atoms with Gasteiger partial charge >= 0.3 is 0 Å². The summed E-state index contributed by atoms with van der Waals surface area (Å²) < 4.78 is 12.8. The van der Waals surface area contributed by atoms with Crippen molar-refractivity contribution < 1.29 is 9.18 Å². The zero-order valence-corrected chi connectivity index (χ0v) is 10.3. The van der Waals surface area contributed by atoms with E-state index in [1.54, 1.807) is 0 Å². The summed E-state index contributed by atoms with van der Waals surface area (Å²) in [4.78, 5) is 11.9. The fourth-order valence-electron chi connectivity index (χ4n) is 1.73. The van der Waals surface area contributed by atoms with Crippen LogP contribution >= 0.6 is 0 Å². The van der Waals surface area contributed by atoms with Gasteiger partial charge in [-0.1, -0.05) is 20.3 Å². The smallest absolute Gasteiger partial charge is 0.253 e. The molecule has 1 aromatic carbocycles. The van der Waals surface area contributed by atoms with Crippen molar-refractivity contribution in [2.75, 3.05) is 5.73 Å². The maximum atomic E-state index is 12.8. The van der Waals surface area contributed by atoms with E-state index in [-0.39, 0.29) is 17.6 Å². The molecule has 1 atom stereocenters. The Bertz CT molecular complexity index is 393. The van der Waals surface area contributed by atoms with Gasteiger partial charge in [-0.2, -0.15) is 0 Å². The second-order valence-electron chi connectivity index (χ2n) is 4.10. The quantitative estimate of drug-likeness (QED) is 0.775. The lowest BCUT2D eigenvalue weighted by molar-refractivity contribution is 0.0934. The molecule has 1 amide bonds. The summed E-state index contributed by atoms with van der Waals surface area (Å²) in [6.45, 7) is 4.09. The maximum absolute atomic E-state index is 12.8. The number of hydrogen-bond donors (Lipinski definition) is 2. The molecule has 1 rings (SSSR count). The van der Waals surface area contributed by atoms with Gasteiger partial charge in [0.15, 0.2) is 0 Å². The minimum absolute atomic E-state index is 0.150. The number of nitrogen functional groups attached to an aromatic ring is 1. The zero-order valence-electron chi connectivity index (χ0n) is 10.3. The molecule has 3 N–H and O–H groups in total. The van der Waals surface area contributed by atoms with E-state index in [4.69, 9.17) is 5.73 Å². The molecule has 0 aliphatic carbocycles. The monoisotopic (exact) mass is 238 g/mol. The molecule has 0 spiro atoms. The number of benzene rings is 1. The second kappa shape index (κ2) is 6.23. The van der Waals surface area contributed by atoms with Gasteiger partial charge in [0.25, 0.3) is 5.91 Å². The van der Waals surface area contributed by atoms with Crippen LogP contribution in [0.1, 0.15) is 43.5 Å². The van der Waals surface area contributed by atoms with Gasteiger partial charge in [-0.15, -0.1) is 0 Å². The third-order valence-electron chi connectivity index (χ3n) is 2.72. The van der Waals surface area contributed by atoms with Gasteiger partial charge in [-0.3, -0.25) is 4.79 Å². The Labute approximate surface area is 101 Å². The molecule has 0 radical (unpaired) electrons. The van der Waals surface area contributed by atoms with Crippen LogP contribution in [0.25, 0.3) is 0 Å². The number of amides is 1. The predicted octanol–water partition coefficient (Wildman–Crippen LogP) is 2.72. The molecule has 0 fully saturated rings. The highest BCUT2D eigenvalue weighted by Gasteiger charge is 2.14. The highest BCUT2D eigenvalue weighted by Crippen LogP contribution is 2.14. The Morgan fingerprint density at radius 1 is 1.47 bits per heavy atom. The van der Waals surface area contributed by atoms with Crippen LogP contribution in [0.3, 0.4) is 0 Å². The average molecular weight is 238 g/mol. The van der Waals surface area contributed by atoms with Gasteiger partial charge in [0, 0.05) is 11.7 Å². The van der Waals surface area contributed by atoms with Crippen molar-refractivity contribution >= 4 is 11.6 Å². The number of hydrogen-bond acceptors (Lipinski definition) is 2. The van der Waals surface area contributed by atoms with Gasteiger partial charge in [0.1, 0.15) is 5.82 Å². The predicted molar refractivity (Wildman–Crippen MR) is 67.3 cm³/mol. The summed E-state index contributed by atoms with van der Waals surface area (Å²) in [7, 11) is 0. The Morgan fingerprint density at radius 2 is 2.18 bits per heavy atom. The lowest BCUT2D eigenvalue weighted by Gasteiger charge is -2.16. The number of carbonyl (C=O) groups is 1. The van der Waals surface area contributed by atoms with E-state index in [9.17, 15) is 9.18 Å². The van der Waals surface area contributed by atoms with E-state index in [0.717, 1.165) is 25.3 Å². The van der Waals surface area contributed by atoms with Crippen molar-refractivity contribution in [1.29, 1.82) is 0 Å². The minimum Gasteiger partial charge on any atom is -0.398 e. The molecule has 0 aliphatic rings. The molecule has 1 aromatic rings. The van der Waals surface area contributed by atoms with Crippen molar-refractivity contribution in [2.24, 2.45) is 0 Å². The normalized spacial score (nSPS) is 12.2. The molecule has 0 saturated heterocycles. The Balaban J connectivity index is 2.75. The van der Waals surface area contributed by atoms with E-state index in [0.29, 0.717) is 5.56 Å². The van der Waals surface area contributed by atoms with Gasteiger partial charge < -0.3 is 11.1 Å². The van der Waals surface area contributed by atoms with Crippen molar-refractivity contribution in [2.45, 2.75) is 39.2 Å². The Kier molecular flexibility index (Phi) is 4.94. The van der Waals surface area contributed by atoms with E-state index >= 15 is 0 Å². The summed E-state index contributed by atoms with van der Waals surface area (Å²) in [5.41, 5.74) is 6.12. The summed E-state index contributed by atoms with van der Waals surface area (Å²) in [5.74, 6) is -0.664. The van der Waals surface area contributed by atoms with Gasteiger partial charge in [0.05, 0.1) is 5.56 Å². The third-order valence-corrected chi connectivity index (χ3v) is 2.72. The SMILES string of the molecule is CCCC(CC)NC(=O)c1ccc(F)cc1N. The zero-order chi connectivity index (χ0) is 12.8. The standard InChI is InChI=1S/C13H19FN2O/c1-3-5-10(4-2)16-13(17)11-7-6-9(14)8-12(11)15/h6-8,10H,3-5,15H2,1-2H3,(H,16,17). The topological polar surface area (TPSA) is 55.1 Å². The molecule has 17 heavy (non-hydrogen) atoms. The maximum Gasteiger partial charge on any atom is 0.253 e. The molecule has 3 nitrogen and oxygen atoms in total. The molecular formula is C13H19FN2O. The van der Waals surface area contributed by atoms with Crippen LogP contribution in [0.4, 0.5) is 10.1 Å². The molecule has 0 aromatic heterocycles. The minimum atomic E-state index is -0.431. The molecule has 0 saturated carbocycles. The van der Waals surface area contributed by atoms with E-state index in [1.807, 2.05) is 6.92 Å². The molecule has 94 valence electrons. The summed E-state index contributed by atoms with van der Waals surface area (Å²) in [5, 5.41) is 2.90. The highest BCUT2D eigenvalue weighted by atomic mass is 19.1. The molecule has 4 heteroatoms. The second-order valence-corrected chi connectivity index (χ2v) is 4.10. The van der Waals surface area contributed by atoms with Crippen LogP contribution in [0.5, 0.6) is 0 Å². The largest absolute Gasteiger partial charge is 0.398 e. The van der Waals surface area contributed by atoms with E-state index in [2.05, 4.69) is 12.2 Å². The molecule has 1 unspecified atom stereocenters. The number of rotatable bonds is 5. The number of nitrogens with two attached hydrogens (primary N) is 1. The van der Waals surface area contributed by atoms with E-state index in [1.165, 1.54) is 12.1 Å². The number of anilines is 1. The van der Waals surface area contributed by atoms with Crippen molar-refractivity contribution in [3.63, 3.8) is 0 Å². The number of nitrogens with one attached hydrogen (secondary N) is 1. The average Bonchev–Trinajstić information content (AvgIpc) is 2.28. The first kappa shape index (κ1) is 13.5. The lowest BCUT2D eigenvalue weighted by atomic mass is 10.1. The van der Waals surface area contributed by atoms with E-state index < -0.39 is 5.82 Å². The Morgan fingerprint density at radius 3 is 2.71 bits per heavy atom. The van der Waals surface area contributed by atoms with Gasteiger partial charge in [-0.25, -0.2) is 4.39 Å². The number of halogens is 1. The Hall–Kier alpha value is -1.58. The number of carbonyl (C=O) groups excluding carboxylic acids is 1. The van der Waals surface area contributed by atoms with Crippen molar-refractivity contribution in [3.8, 4) is 0 Å². The fraction of sp³-hybridized carbons (Fsp3) is 0.462. The van der Waals surface area contributed by atoms with Crippen molar-refractivity contribution in [3.05, 3.63) is 29.6 Å². The summed E-state index contributed by atoms with van der Waals surface area (Å²) in [6.07, 6.45) is 2.82. The first-order valence-electron chi connectivity index (χ1n) is 5.94. The van der Waals surface area contributed by atoms with Crippen LogP contribution in [0.15, 0.2) is 18.2 Å². The van der Waals surface area contributed by atoms with Crippen LogP contribution in [-0.4, -0.2) is 11.9 Å². The first-order chi connectivity index (χ1) is 8.08. The van der Waals surface area contributed by atoms with Gasteiger partial charge in [-0.05, 0) is 31.0 Å². The summed E-state index contributed by atoms with van der Waals surface area (Å²) in [6, 6.07) is 3.97. The van der Waals surface area contributed by atoms with Crippen LogP contribution in [0.2, 0.25) is 0 Å². The molecule has 0 heterocycles. The van der Waals surface area contributed by atoms with Gasteiger partial charge in [0.2, 0.25) is 0 Å². The van der Waals surface area contributed by atoms with Crippen LogP contribution < -0.4 is 11.1 Å². The fourth-order valence-corrected chi connectivity index (χ4v) is 1.73.